The standard InChI is InChI=1S/C18H12BrF2NO3/c1-24-18(23)16-8-17(13-7-12(20)4-5-15(13)22-16)25-9-10-2-3-11(19)6-14(10)21/h2-8H,9H2,1H3. The number of esters is 1. The van der Waals surface area contributed by atoms with Gasteiger partial charge in [0.1, 0.15) is 24.0 Å². The van der Waals surface area contributed by atoms with Crippen LogP contribution in [0.5, 0.6) is 5.75 Å². The second-order valence-electron chi connectivity index (χ2n) is 5.18. The molecule has 0 bridgehead atoms. The molecule has 128 valence electrons. The van der Waals surface area contributed by atoms with Crippen LogP contribution < -0.4 is 4.74 Å². The molecule has 0 amide bonds. The van der Waals surface area contributed by atoms with Crippen LogP contribution in [0, 0.1) is 11.6 Å². The average molecular weight is 408 g/mol. The molecule has 25 heavy (non-hydrogen) atoms. The van der Waals surface area contributed by atoms with Crippen molar-refractivity contribution in [1.29, 1.82) is 0 Å². The number of fused-ring (bicyclic) bond motifs is 1. The summed E-state index contributed by atoms with van der Waals surface area (Å²) in [4.78, 5) is 15.9. The van der Waals surface area contributed by atoms with Gasteiger partial charge in [0.05, 0.1) is 12.6 Å². The minimum atomic E-state index is -0.647. The molecule has 0 aliphatic heterocycles. The van der Waals surface area contributed by atoms with Gasteiger partial charge in [-0.05, 0) is 30.3 Å². The number of halogens is 3. The van der Waals surface area contributed by atoms with Gasteiger partial charge in [0.25, 0.3) is 0 Å². The topological polar surface area (TPSA) is 48.4 Å². The van der Waals surface area contributed by atoms with E-state index in [1.165, 1.54) is 37.4 Å². The molecule has 0 radical (unpaired) electrons. The molecule has 0 N–H and O–H groups in total. The van der Waals surface area contributed by atoms with E-state index in [1.54, 1.807) is 12.1 Å². The highest BCUT2D eigenvalue weighted by Crippen LogP contribution is 2.28. The van der Waals surface area contributed by atoms with E-state index in [4.69, 9.17) is 4.74 Å². The third kappa shape index (κ3) is 3.76. The van der Waals surface area contributed by atoms with Gasteiger partial charge >= 0.3 is 5.97 Å². The molecular weight excluding hydrogens is 396 g/mol. The van der Waals surface area contributed by atoms with E-state index in [9.17, 15) is 13.6 Å². The number of hydrogen-bond acceptors (Lipinski definition) is 4. The Balaban J connectivity index is 2.00. The van der Waals surface area contributed by atoms with Crippen LogP contribution in [0.15, 0.2) is 46.9 Å². The van der Waals surface area contributed by atoms with E-state index < -0.39 is 17.6 Å². The van der Waals surface area contributed by atoms with Gasteiger partial charge in [-0.25, -0.2) is 18.6 Å². The highest BCUT2D eigenvalue weighted by atomic mass is 79.9. The molecule has 4 nitrogen and oxygen atoms in total. The maximum atomic E-state index is 13.9. The van der Waals surface area contributed by atoms with E-state index in [1.807, 2.05) is 0 Å². The van der Waals surface area contributed by atoms with E-state index in [2.05, 4.69) is 25.7 Å². The number of rotatable bonds is 4. The first-order chi connectivity index (χ1) is 12.0. The molecule has 0 saturated carbocycles. The molecule has 7 heteroatoms. The molecule has 0 aliphatic carbocycles. The summed E-state index contributed by atoms with van der Waals surface area (Å²) in [6.07, 6.45) is 0. The van der Waals surface area contributed by atoms with E-state index in [0.717, 1.165) is 0 Å². The summed E-state index contributed by atoms with van der Waals surface area (Å²) in [5, 5.41) is 0.380. The fourth-order valence-corrected chi connectivity index (χ4v) is 2.62. The lowest BCUT2D eigenvalue weighted by Crippen LogP contribution is -2.06. The SMILES string of the molecule is COC(=O)c1cc(OCc2ccc(Br)cc2F)c2cc(F)ccc2n1. The number of aromatic nitrogens is 1. The first kappa shape index (κ1) is 17.3. The zero-order valence-electron chi connectivity index (χ0n) is 13.1. The van der Waals surface area contributed by atoms with Crippen LogP contribution in [0.4, 0.5) is 8.78 Å². The minimum absolute atomic E-state index is 0.0212. The monoisotopic (exact) mass is 407 g/mol. The van der Waals surface area contributed by atoms with Crippen molar-refractivity contribution in [3.05, 3.63) is 69.8 Å². The first-order valence-corrected chi connectivity index (χ1v) is 8.02. The quantitative estimate of drug-likeness (QED) is 0.591. The smallest absolute Gasteiger partial charge is 0.356 e. The number of nitrogens with zero attached hydrogens (tertiary/aromatic N) is 1. The van der Waals surface area contributed by atoms with Gasteiger partial charge in [-0.2, -0.15) is 0 Å². The average Bonchev–Trinajstić information content (AvgIpc) is 2.60. The molecule has 3 rings (SSSR count). The Kier molecular flexibility index (Phi) is 4.94. The summed E-state index contributed by atoms with van der Waals surface area (Å²) < 4.78 is 38.4. The normalized spacial score (nSPS) is 10.7. The van der Waals surface area contributed by atoms with E-state index in [0.29, 0.717) is 20.9 Å². The predicted molar refractivity (Wildman–Crippen MR) is 91.5 cm³/mol. The Morgan fingerprint density at radius 1 is 1.16 bits per heavy atom. The first-order valence-electron chi connectivity index (χ1n) is 7.23. The Morgan fingerprint density at radius 2 is 1.96 bits per heavy atom. The third-order valence-electron chi connectivity index (χ3n) is 3.53. The van der Waals surface area contributed by atoms with Crippen LogP contribution in [0.1, 0.15) is 16.1 Å². The van der Waals surface area contributed by atoms with Crippen molar-refractivity contribution < 1.29 is 23.0 Å². The number of ether oxygens (including phenoxy) is 2. The Labute approximate surface area is 150 Å². The van der Waals surface area contributed by atoms with Gasteiger partial charge in [-0.1, -0.05) is 22.0 Å². The summed E-state index contributed by atoms with van der Waals surface area (Å²) in [5.41, 5.74) is 0.715. The highest BCUT2D eigenvalue weighted by Gasteiger charge is 2.15. The fourth-order valence-electron chi connectivity index (χ4n) is 2.29. The highest BCUT2D eigenvalue weighted by molar-refractivity contribution is 9.10. The largest absolute Gasteiger partial charge is 0.488 e. The van der Waals surface area contributed by atoms with Crippen molar-refractivity contribution in [2.45, 2.75) is 6.61 Å². The summed E-state index contributed by atoms with van der Waals surface area (Å²) in [7, 11) is 1.23. The van der Waals surface area contributed by atoms with Gasteiger partial charge in [0.2, 0.25) is 0 Å². The molecule has 0 aliphatic rings. The fraction of sp³-hybridized carbons (Fsp3) is 0.111. The number of pyridine rings is 1. The van der Waals surface area contributed by atoms with Crippen LogP contribution in [0.3, 0.4) is 0 Å². The summed E-state index contributed by atoms with van der Waals surface area (Å²) in [6, 6.07) is 9.85. The van der Waals surface area contributed by atoms with E-state index >= 15 is 0 Å². The second kappa shape index (κ2) is 7.14. The molecule has 0 saturated heterocycles. The molecule has 1 aromatic heterocycles. The summed E-state index contributed by atoms with van der Waals surface area (Å²) >= 11 is 3.18. The van der Waals surface area contributed by atoms with Gasteiger partial charge in [0.15, 0.2) is 5.69 Å². The van der Waals surface area contributed by atoms with Gasteiger partial charge in [-0.15, -0.1) is 0 Å². The van der Waals surface area contributed by atoms with Crippen LogP contribution in [0.2, 0.25) is 0 Å². The van der Waals surface area contributed by atoms with Crippen molar-refractivity contribution in [1.82, 2.24) is 4.98 Å². The molecule has 0 atom stereocenters. The van der Waals surface area contributed by atoms with Crippen molar-refractivity contribution >= 4 is 32.8 Å². The Morgan fingerprint density at radius 3 is 2.68 bits per heavy atom. The van der Waals surface area contributed by atoms with Crippen LogP contribution in [-0.2, 0) is 11.3 Å². The summed E-state index contributed by atoms with van der Waals surface area (Å²) in [6.45, 7) is -0.0879. The lowest BCUT2D eigenvalue weighted by molar-refractivity contribution is 0.0594. The number of hydrogen-bond donors (Lipinski definition) is 0. The molecule has 2 aromatic carbocycles. The van der Waals surface area contributed by atoms with Gasteiger partial charge in [0, 0.05) is 21.5 Å². The molecular formula is C18H12BrF2NO3. The van der Waals surface area contributed by atoms with Crippen molar-refractivity contribution in [2.24, 2.45) is 0 Å². The van der Waals surface area contributed by atoms with Crippen molar-refractivity contribution in [2.75, 3.05) is 7.11 Å². The molecule has 0 unspecified atom stereocenters. The van der Waals surface area contributed by atoms with Crippen LogP contribution >= 0.6 is 15.9 Å². The van der Waals surface area contributed by atoms with Crippen molar-refractivity contribution in [3.8, 4) is 5.75 Å². The third-order valence-corrected chi connectivity index (χ3v) is 4.02. The molecule has 3 aromatic rings. The Hall–Kier alpha value is -2.54. The van der Waals surface area contributed by atoms with Crippen LogP contribution in [0.25, 0.3) is 10.9 Å². The minimum Gasteiger partial charge on any atom is -0.488 e. The molecule has 1 heterocycles. The van der Waals surface area contributed by atoms with Crippen molar-refractivity contribution in [3.63, 3.8) is 0 Å². The predicted octanol–water partition coefficient (Wildman–Crippen LogP) is 4.64. The maximum Gasteiger partial charge on any atom is 0.356 e. The zero-order valence-corrected chi connectivity index (χ0v) is 14.6. The maximum absolute atomic E-state index is 13.9. The zero-order chi connectivity index (χ0) is 18.0. The van der Waals surface area contributed by atoms with Crippen LogP contribution in [-0.4, -0.2) is 18.1 Å². The lowest BCUT2D eigenvalue weighted by atomic mass is 10.1. The number of carbonyl (C=O) groups excluding carboxylic acids is 1. The lowest BCUT2D eigenvalue weighted by Gasteiger charge is -2.11. The van der Waals surface area contributed by atoms with Gasteiger partial charge < -0.3 is 9.47 Å². The number of methoxy groups -OCH3 is 1. The number of benzene rings is 2. The molecule has 0 fully saturated rings. The van der Waals surface area contributed by atoms with Gasteiger partial charge in [-0.3, -0.25) is 0 Å². The Bertz CT molecular complexity index is 962. The number of carbonyl (C=O) groups is 1. The molecule has 0 spiro atoms. The second-order valence-corrected chi connectivity index (χ2v) is 6.10. The van der Waals surface area contributed by atoms with E-state index in [-0.39, 0.29) is 18.1 Å². The summed E-state index contributed by atoms with van der Waals surface area (Å²) in [5.74, 6) is -1.34.